The van der Waals surface area contributed by atoms with E-state index in [-0.39, 0.29) is 23.9 Å². The first kappa shape index (κ1) is 18.6. The zero-order valence-corrected chi connectivity index (χ0v) is 16.9. The van der Waals surface area contributed by atoms with E-state index < -0.39 is 11.6 Å². The van der Waals surface area contributed by atoms with E-state index in [1.165, 1.54) is 19.3 Å². The molecule has 1 aromatic carbocycles. The molecule has 4 bridgehead atoms. The average Bonchev–Trinajstić information content (AvgIpc) is 2.92. The molecule has 5 fully saturated rings. The summed E-state index contributed by atoms with van der Waals surface area (Å²) in [5, 5.41) is 6.12. The first-order valence-corrected chi connectivity index (χ1v) is 10.9. The maximum Gasteiger partial charge on any atom is 0.325 e. The van der Waals surface area contributed by atoms with Gasteiger partial charge in [-0.3, -0.25) is 14.5 Å². The molecule has 1 saturated heterocycles. The Morgan fingerprint density at radius 3 is 2.21 bits per heavy atom. The largest absolute Gasteiger partial charge is 0.349 e. The summed E-state index contributed by atoms with van der Waals surface area (Å²) in [4.78, 5) is 39.9. The summed E-state index contributed by atoms with van der Waals surface area (Å²) in [7, 11) is 0. The number of hydrogen-bond acceptors (Lipinski definition) is 3. The van der Waals surface area contributed by atoms with E-state index >= 15 is 0 Å². The highest BCUT2D eigenvalue weighted by Gasteiger charge is 2.54. The van der Waals surface area contributed by atoms with Crippen LogP contribution in [0.2, 0.25) is 0 Å². The van der Waals surface area contributed by atoms with Crippen molar-refractivity contribution in [2.45, 2.75) is 62.9 Å². The zero-order valence-electron chi connectivity index (χ0n) is 16.9. The maximum absolute atomic E-state index is 13.2. The molecule has 5 aliphatic rings. The van der Waals surface area contributed by atoms with Crippen molar-refractivity contribution in [3.05, 3.63) is 35.9 Å². The Kier molecular flexibility index (Phi) is 4.23. The molecule has 6 heteroatoms. The summed E-state index contributed by atoms with van der Waals surface area (Å²) in [6, 6.07) is 8.80. The van der Waals surface area contributed by atoms with Crippen molar-refractivity contribution in [2.24, 2.45) is 17.8 Å². The standard InChI is InChI=1S/C23H29N3O3/c1-2-23(18-6-4-3-5-7-18)20(28)26(21(29)25-23)14-19(27)24-22-11-15-8-16(12-22)10-17(9-15)13-22/h3-7,15-17H,2,8-14H2,1H3,(H,24,27)(H,25,29). The van der Waals surface area contributed by atoms with Gasteiger partial charge in [-0.25, -0.2) is 4.79 Å². The first-order valence-electron chi connectivity index (χ1n) is 10.9. The van der Waals surface area contributed by atoms with Gasteiger partial charge >= 0.3 is 6.03 Å². The molecule has 1 unspecified atom stereocenters. The van der Waals surface area contributed by atoms with Gasteiger partial charge in [0.25, 0.3) is 5.91 Å². The fraction of sp³-hybridized carbons (Fsp3) is 0.609. The van der Waals surface area contributed by atoms with E-state index in [2.05, 4.69) is 10.6 Å². The number of hydrogen-bond donors (Lipinski definition) is 2. The van der Waals surface area contributed by atoms with Crippen molar-refractivity contribution in [3.63, 3.8) is 0 Å². The number of carbonyl (C=O) groups is 3. The topological polar surface area (TPSA) is 78.5 Å². The van der Waals surface area contributed by atoms with Crippen LogP contribution in [0.15, 0.2) is 30.3 Å². The van der Waals surface area contributed by atoms with Gasteiger partial charge in [0.2, 0.25) is 5.91 Å². The molecule has 154 valence electrons. The van der Waals surface area contributed by atoms with Gasteiger partial charge in [-0.05, 0) is 68.3 Å². The predicted molar refractivity (Wildman–Crippen MR) is 108 cm³/mol. The van der Waals surface area contributed by atoms with Crippen LogP contribution in [0.4, 0.5) is 4.79 Å². The van der Waals surface area contributed by atoms with Gasteiger partial charge in [-0.1, -0.05) is 37.3 Å². The average molecular weight is 396 g/mol. The summed E-state index contributed by atoms with van der Waals surface area (Å²) in [5.41, 5.74) is -0.448. The van der Waals surface area contributed by atoms with E-state index in [0.29, 0.717) is 6.42 Å². The van der Waals surface area contributed by atoms with Crippen LogP contribution in [0, 0.1) is 17.8 Å². The lowest BCUT2D eigenvalue weighted by molar-refractivity contribution is -0.137. The van der Waals surface area contributed by atoms with E-state index in [1.54, 1.807) is 0 Å². The summed E-state index contributed by atoms with van der Waals surface area (Å²) in [6.45, 7) is 1.67. The maximum atomic E-state index is 13.2. The Balaban J connectivity index is 1.31. The second-order valence-electron chi connectivity index (χ2n) is 9.69. The van der Waals surface area contributed by atoms with Crippen LogP contribution in [-0.4, -0.2) is 34.8 Å². The molecular formula is C23H29N3O3. The zero-order chi connectivity index (χ0) is 20.2. The first-order chi connectivity index (χ1) is 13.9. The lowest BCUT2D eigenvalue weighted by Gasteiger charge is -2.56. The summed E-state index contributed by atoms with van der Waals surface area (Å²) in [5.74, 6) is 1.63. The number of rotatable bonds is 5. The Morgan fingerprint density at radius 2 is 1.66 bits per heavy atom. The highest BCUT2D eigenvalue weighted by Crippen LogP contribution is 2.55. The molecule has 6 rings (SSSR count). The van der Waals surface area contributed by atoms with Gasteiger partial charge < -0.3 is 10.6 Å². The summed E-state index contributed by atoms with van der Waals surface area (Å²) >= 11 is 0. The van der Waals surface area contributed by atoms with Gasteiger partial charge in [0, 0.05) is 5.54 Å². The highest BCUT2D eigenvalue weighted by molar-refractivity contribution is 6.09. The van der Waals surface area contributed by atoms with Crippen LogP contribution >= 0.6 is 0 Å². The van der Waals surface area contributed by atoms with Crippen molar-refractivity contribution in [1.82, 2.24) is 15.5 Å². The molecule has 29 heavy (non-hydrogen) atoms. The molecule has 4 amide bonds. The molecular weight excluding hydrogens is 366 g/mol. The number of nitrogens with zero attached hydrogens (tertiary/aromatic N) is 1. The predicted octanol–water partition coefficient (Wildman–Crippen LogP) is 2.93. The number of carbonyl (C=O) groups excluding carboxylic acids is 3. The third-order valence-corrected chi connectivity index (χ3v) is 7.72. The molecule has 2 N–H and O–H groups in total. The van der Waals surface area contributed by atoms with E-state index in [1.807, 2.05) is 37.3 Å². The molecule has 4 aliphatic carbocycles. The van der Waals surface area contributed by atoms with Gasteiger partial charge in [-0.15, -0.1) is 0 Å². The third kappa shape index (κ3) is 2.95. The molecule has 1 aromatic rings. The monoisotopic (exact) mass is 395 g/mol. The Hall–Kier alpha value is -2.37. The van der Waals surface area contributed by atoms with Crippen molar-refractivity contribution in [3.8, 4) is 0 Å². The molecule has 0 spiro atoms. The van der Waals surface area contributed by atoms with Crippen LogP contribution in [-0.2, 0) is 15.1 Å². The van der Waals surface area contributed by atoms with Gasteiger partial charge in [-0.2, -0.15) is 0 Å². The van der Waals surface area contributed by atoms with Crippen LogP contribution in [0.5, 0.6) is 0 Å². The molecule has 6 nitrogen and oxygen atoms in total. The van der Waals surface area contributed by atoms with Crippen LogP contribution < -0.4 is 10.6 Å². The lowest BCUT2D eigenvalue weighted by Crippen LogP contribution is -2.61. The minimum atomic E-state index is -1.08. The minimum Gasteiger partial charge on any atom is -0.349 e. The fourth-order valence-electron chi connectivity index (χ4n) is 6.87. The van der Waals surface area contributed by atoms with Gasteiger partial charge in [0.15, 0.2) is 0 Å². The quantitative estimate of drug-likeness (QED) is 0.753. The van der Waals surface area contributed by atoms with Crippen LogP contribution in [0.25, 0.3) is 0 Å². The number of urea groups is 1. The van der Waals surface area contributed by atoms with Crippen molar-refractivity contribution in [2.75, 3.05) is 6.54 Å². The summed E-state index contributed by atoms with van der Waals surface area (Å²) in [6.07, 6.45) is 7.50. The fourth-order valence-corrected chi connectivity index (χ4v) is 6.87. The Labute approximate surface area is 171 Å². The molecule has 0 aromatic heterocycles. The number of amides is 4. The second kappa shape index (κ2) is 6.57. The van der Waals surface area contributed by atoms with E-state index in [4.69, 9.17) is 0 Å². The van der Waals surface area contributed by atoms with Gasteiger partial charge in [0.05, 0.1) is 0 Å². The second-order valence-corrected chi connectivity index (χ2v) is 9.69. The number of imide groups is 1. The summed E-state index contributed by atoms with van der Waals surface area (Å²) < 4.78 is 0. The van der Waals surface area contributed by atoms with Crippen LogP contribution in [0.1, 0.15) is 57.4 Å². The molecule has 1 aliphatic heterocycles. The smallest absolute Gasteiger partial charge is 0.325 e. The highest BCUT2D eigenvalue weighted by atomic mass is 16.2. The molecule has 1 atom stereocenters. The van der Waals surface area contributed by atoms with Crippen molar-refractivity contribution in [1.29, 1.82) is 0 Å². The van der Waals surface area contributed by atoms with Gasteiger partial charge in [0.1, 0.15) is 12.1 Å². The van der Waals surface area contributed by atoms with E-state index in [0.717, 1.165) is 47.5 Å². The van der Waals surface area contributed by atoms with E-state index in [9.17, 15) is 14.4 Å². The van der Waals surface area contributed by atoms with Crippen molar-refractivity contribution >= 4 is 17.8 Å². The van der Waals surface area contributed by atoms with Crippen LogP contribution in [0.3, 0.4) is 0 Å². The number of nitrogens with one attached hydrogen (secondary N) is 2. The third-order valence-electron chi connectivity index (χ3n) is 7.72. The number of benzene rings is 1. The Morgan fingerprint density at radius 1 is 1.07 bits per heavy atom. The molecule has 1 heterocycles. The van der Waals surface area contributed by atoms with Crippen molar-refractivity contribution < 1.29 is 14.4 Å². The lowest BCUT2D eigenvalue weighted by atomic mass is 9.53. The Bertz CT molecular complexity index is 817. The minimum absolute atomic E-state index is 0.119. The normalized spacial score (nSPS) is 37.7. The molecule has 4 saturated carbocycles. The SMILES string of the molecule is CCC1(c2ccccc2)NC(=O)N(CC(=O)NC23CC4CC(CC(C4)C2)C3)C1=O. The molecule has 0 radical (unpaired) electrons.